The first-order valence-corrected chi connectivity index (χ1v) is 7.72. The summed E-state index contributed by atoms with van der Waals surface area (Å²) < 4.78 is 6.41. The van der Waals surface area contributed by atoms with Crippen molar-refractivity contribution >= 4 is 33.4 Å². The molecule has 2 rings (SSSR count). The van der Waals surface area contributed by atoms with E-state index in [9.17, 15) is 4.79 Å². The van der Waals surface area contributed by atoms with Crippen molar-refractivity contribution in [1.29, 1.82) is 0 Å². The van der Waals surface area contributed by atoms with Crippen molar-refractivity contribution in [3.05, 3.63) is 33.3 Å². The van der Waals surface area contributed by atoms with Gasteiger partial charge in [0.2, 0.25) is 0 Å². The molecule has 0 saturated carbocycles. The molecule has 110 valence electrons. The van der Waals surface area contributed by atoms with Crippen molar-refractivity contribution in [2.24, 2.45) is 0 Å². The van der Waals surface area contributed by atoms with Crippen LogP contribution >= 0.6 is 27.5 Å². The van der Waals surface area contributed by atoms with Crippen molar-refractivity contribution in [2.75, 3.05) is 20.2 Å². The summed E-state index contributed by atoms with van der Waals surface area (Å²) >= 11 is 9.50. The van der Waals surface area contributed by atoms with Gasteiger partial charge in [0.15, 0.2) is 0 Å². The number of amides is 1. The smallest absolute Gasteiger partial charge is 0.252 e. The summed E-state index contributed by atoms with van der Waals surface area (Å²) in [5, 5.41) is 6.80. The lowest BCUT2D eigenvalue weighted by atomic mass is 9.91. The molecule has 0 aliphatic carbocycles. The molecule has 1 aromatic carbocycles. The molecule has 1 amide bonds. The van der Waals surface area contributed by atoms with Gasteiger partial charge < -0.3 is 15.4 Å². The summed E-state index contributed by atoms with van der Waals surface area (Å²) in [6, 6.07) is 5.62. The Labute approximate surface area is 132 Å². The number of methoxy groups -OCH3 is 1. The molecule has 0 bridgehead atoms. The van der Waals surface area contributed by atoms with E-state index >= 15 is 0 Å². The zero-order chi connectivity index (χ0) is 14.6. The molecule has 1 aliphatic rings. The summed E-state index contributed by atoms with van der Waals surface area (Å²) in [5.74, 6) is -0.0690. The van der Waals surface area contributed by atoms with E-state index in [-0.39, 0.29) is 5.91 Å². The van der Waals surface area contributed by atoms with Crippen molar-refractivity contribution in [3.8, 4) is 0 Å². The van der Waals surface area contributed by atoms with Crippen LogP contribution in [0.3, 0.4) is 0 Å². The maximum absolute atomic E-state index is 12.4. The van der Waals surface area contributed by atoms with Crippen LogP contribution in [0.4, 0.5) is 0 Å². The summed E-state index contributed by atoms with van der Waals surface area (Å²) in [7, 11) is 1.59. The fourth-order valence-electron chi connectivity index (χ4n) is 2.36. The molecule has 1 heterocycles. The van der Waals surface area contributed by atoms with Crippen LogP contribution < -0.4 is 10.6 Å². The zero-order valence-corrected chi connectivity index (χ0v) is 13.7. The number of carbonyl (C=O) groups excluding carboxylic acids is 1. The van der Waals surface area contributed by atoms with Gasteiger partial charge in [-0.2, -0.15) is 0 Å². The van der Waals surface area contributed by atoms with E-state index < -0.39 is 5.60 Å². The second-order valence-electron chi connectivity index (χ2n) is 4.87. The van der Waals surface area contributed by atoms with Crippen molar-refractivity contribution in [2.45, 2.75) is 25.0 Å². The van der Waals surface area contributed by atoms with Crippen LogP contribution in [-0.4, -0.2) is 31.7 Å². The monoisotopic (exact) mass is 360 g/mol. The Hall–Kier alpha value is -0.620. The molecule has 1 saturated heterocycles. The molecule has 2 N–H and O–H groups in total. The lowest BCUT2D eigenvalue weighted by Crippen LogP contribution is -2.53. The molecule has 4 nitrogen and oxygen atoms in total. The molecule has 0 aromatic heterocycles. The lowest BCUT2D eigenvalue weighted by molar-refractivity contribution is -0.146. The van der Waals surface area contributed by atoms with E-state index in [1.54, 1.807) is 7.11 Å². The molecule has 0 spiro atoms. The van der Waals surface area contributed by atoms with Crippen LogP contribution in [0.2, 0.25) is 5.02 Å². The molecular weight excluding hydrogens is 344 g/mol. The lowest BCUT2D eigenvalue weighted by Gasteiger charge is -2.34. The van der Waals surface area contributed by atoms with E-state index in [2.05, 4.69) is 26.6 Å². The average molecular weight is 362 g/mol. The van der Waals surface area contributed by atoms with Crippen molar-refractivity contribution in [1.82, 2.24) is 10.6 Å². The Balaban J connectivity index is 2.00. The summed E-state index contributed by atoms with van der Waals surface area (Å²) in [6.07, 6.45) is 1.37. The van der Waals surface area contributed by atoms with Gasteiger partial charge in [0.05, 0.1) is 0 Å². The van der Waals surface area contributed by atoms with Gasteiger partial charge in [-0.1, -0.05) is 33.6 Å². The van der Waals surface area contributed by atoms with E-state index in [0.29, 0.717) is 24.4 Å². The van der Waals surface area contributed by atoms with E-state index in [1.165, 1.54) is 0 Å². The molecule has 1 fully saturated rings. The van der Waals surface area contributed by atoms with E-state index in [4.69, 9.17) is 16.3 Å². The minimum atomic E-state index is -0.715. The molecule has 0 radical (unpaired) electrons. The second-order valence-corrected chi connectivity index (χ2v) is 6.19. The molecule has 6 heteroatoms. The number of piperidine rings is 1. The number of hydrogen-bond acceptors (Lipinski definition) is 3. The number of nitrogens with one attached hydrogen (secondary N) is 2. The first-order chi connectivity index (χ1) is 9.57. The van der Waals surface area contributed by atoms with Gasteiger partial charge in [0.1, 0.15) is 5.60 Å². The minimum Gasteiger partial charge on any atom is -0.368 e. The molecule has 1 aromatic rings. The van der Waals surface area contributed by atoms with Crippen molar-refractivity contribution < 1.29 is 9.53 Å². The highest BCUT2D eigenvalue weighted by atomic mass is 79.9. The quantitative estimate of drug-likeness (QED) is 0.866. The number of benzene rings is 1. The van der Waals surface area contributed by atoms with Gasteiger partial charge in [-0.25, -0.2) is 0 Å². The van der Waals surface area contributed by atoms with Gasteiger partial charge in [-0.05, 0) is 43.6 Å². The maximum atomic E-state index is 12.4. The van der Waals surface area contributed by atoms with Crippen LogP contribution in [0.1, 0.15) is 18.4 Å². The zero-order valence-electron chi connectivity index (χ0n) is 11.3. The molecule has 0 atom stereocenters. The van der Waals surface area contributed by atoms with Crippen LogP contribution in [0.5, 0.6) is 0 Å². The molecular formula is C14H18BrClN2O2. The largest absolute Gasteiger partial charge is 0.368 e. The normalized spacial score (nSPS) is 17.8. The Morgan fingerprint density at radius 1 is 1.50 bits per heavy atom. The summed E-state index contributed by atoms with van der Waals surface area (Å²) in [6.45, 7) is 1.99. The molecule has 20 heavy (non-hydrogen) atoms. The highest BCUT2D eigenvalue weighted by molar-refractivity contribution is 9.10. The maximum Gasteiger partial charge on any atom is 0.252 e. The fourth-order valence-corrected chi connectivity index (χ4v) is 3.10. The molecule has 1 aliphatic heterocycles. The Morgan fingerprint density at radius 2 is 2.20 bits per heavy atom. The second kappa shape index (κ2) is 6.89. The fraction of sp³-hybridized carbons (Fsp3) is 0.500. The van der Waals surface area contributed by atoms with E-state index in [1.807, 2.05) is 18.2 Å². The predicted octanol–water partition coefficient (Wildman–Crippen LogP) is 2.49. The number of hydrogen-bond donors (Lipinski definition) is 2. The standard InChI is InChI=1S/C14H18BrClN2O2/c1-20-14(4-6-17-7-5-14)13(19)18-9-10-2-3-11(15)8-12(10)16/h2-3,8,17H,4-7,9H2,1H3,(H,18,19). The predicted molar refractivity (Wildman–Crippen MR) is 82.8 cm³/mol. The topological polar surface area (TPSA) is 50.4 Å². The number of rotatable bonds is 4. The first-order valence-electron chi connectivity index (χ1n) is 6.55. The van der Waals surface area contributed by atoms with Gasteiger partial charge in [-0.3, -0.25) is 4.79 Å². The van der Waals surface area contributed by atoms with Gasteiger partial charge in [0.25, 0.3) is 5.91 Å². The van der Waals surface area contributed by atoms with Gasteiger partial charge in [-0.15, -0.1) is 0 Å². The highest BCUT2D eigenvalue weighted by Crippen LogP contribution is 2.24. The van der Waals surface area contributed by atoms with Crippen LogP contribution in [0, 0.1) is 0 Å². The highest BCUT2D eigenvalue weighted by Gasteiger charge is 2.39. The molecule has 0 unspecified atom stereocenters. The summed E-state index contributed by atoms with van der Waals surface area (Å²) in [5.41, 5.74) is 0.177. The van der Waals surface area contributed by atoms with Crippen LogP contribution in [0.15, 0.2) is 22.7 Å². The van der Waals surface area contributed by atoms with Crippen LogP contribution in [-0.2, 0) is 16.1 Å². The van der Waals surface area contributed by atoms with Crippen molar-refractivity contribution in [3.63, 3.8) is 0 Å². The summed E-state index contributed by atoms with van der Waals surface area (Å²) in [4.78, 5) is 12.4. The first kappa shape index (κ1) is 15.8. The van der Waals surface area contributed by atoms with Crippen LogP contribution in [0.25, 0.3) is 0 Å². The minimum absolute atomic E-state index is 0.0690. The van der Waals surface area contributed by atoms with Gasteiger partial charge in [0, 0.05) is 23.1 Å². The Kier molecular flexibility index (Phi) is 5.43. The third-order valence-electron chi connectivity index (χ3n) is 3.67. The Morgan fingerprint density at radius 3 is 2.80 bits per heavy atom. The Bertz CT molecular complexity index is 490. The number of carbonyl (C=O) groups is 1. The van der Waals surface area contributed by atoms with E-state index in [0.717, 1.165) is 23.1 Å². The average Bonchev–Trinajstić information content (AvgIpc) is 2.46. The SMILES string of the molecule is COC1(C(=O)NCc2ccc(Br)cc2Cl)CCNCC1. The third kappa shape index (κ3) is 3.52. The third-order valence-corrected chi connectivity index (χ3v) is 4.52. The number of ether oxygens (including phenoxy) is 1. The van der Waals surface area contributed by atoms with Gasteiger partial charge >= 0.3 is 0 Å². The number of halogens is 2.